The zero-order valence-corrected chi connectivity index (χ0v) is 20.9. The van der Waals surface area contributed by atoms with Gasteiger partial charge in [-0.05, 0) is 75.6 Å². The number of benzene rings is 2. The first-order valence-corrected chi connectivity index (χ1v) is 11.3. The Bertz CT molecular complexity index is 1100. The van der Waals surface area contributed by atoms with Gasteiger partial charge in [-0.1, -0.05) is 48.6 Å². The number of rotatable bonds is 11. The van der Waals surface area contributed by atoms with Gasteiger partial charge in [0.25, 0.3) is 6.47 Å². The summed E-state index contributed by atoms with van der Waals surface area (Å²) in [6.07, 6.45) is 6.36. The van der Waals surface area contributed by atoms with Crippen LogP contribution in [0.4, 0.5) is 0 Å². The summed E-state index contributed by atoms with van der Waals surface area (Å²) in [6, 6.07) is 14.3. The van der Waals surface area contributed by atoms with Crippen molar-refractivity contribution in [2.45, 2.75) is 53.1 Å². The summed E-state index contributed by atoms with van der Waals surface area (Å²) in [5, 5.41) is 0. The van der Waals surface area contributed by atoms with Crippen molar-refractivity contribution in [1.29, 1.82) is 0 Å². The summed E-state index contributed by atoms with van der Waals surface area (Å²) in [5.74, 6) is -0.504. The van der Waals surface area contributed by atoms with Gasteiger partial charge in [-0.25, -0.2) is 0 Å². The maximum absolute atomic E-state index is 12.2. The first-order chi connectivity index (χ1) is 16.4. The van der Waals surface area contributed by atoms with Gasteiger partial charge in [-0.2, -0.15) is 0 Å². The Hall–Kier alpha value is -3.80. The maximum atomic E-state index is 12.2. The molecule has 0 aliphatic rings. The lowest BCUT2D eigenvalue weighted by atomic mass is 9.97. The molecule has 0 aliphatic heterocycles. The van der Waals surface area contributed by atoms with E-state index in [4.69, 9.17) is 9.47 Å². The van der Waals surface area contributed by atoms with Crippen molar-refractivity contribution in [3.63, 3.8) is 0 Å². The molecule has 0 N–H and O–H groups in total. The van der Waals surface area contributed by atoms with Crippen LogP contribution in [-0.2, 0) is 30.3 Å². The highest BCUT2D eigenvalue weighted by Gasteiger charge is 2.23. The second-order valence-corrected chi connectivity index (χ2v) is 9.88. The molecule has 0 saturated heterocycles. The number of allylic oxidation sites excluding steroid dienone is 2. The predicted octanol–water partition coefficient (Wildman–Crippen LogP) is 5.39. The summed E-state index contributed by atoms with van der Waals surface area (Å²) in [7, 11) is 0. The molecule has 6 nitrogen and oxygen atoms in total. The highest BCUT2D eigenvalue weighted by Crippen LogP contribution is 2.20. The fourth-order valence-electron chi connectivity index (χ4n) is 2.99. The molecule has 184 valence electrons. The molecule has 0 spiro atoms. The van der Waals surface area contributed by atoms with Gasteiger partial charge in [0.05, 0.1) is 11.8 Å². The van der Waals surface area contributed by atoms with Gasteiger partial charge < -0.3 is 9.47 Å². The monoisotopic (exact) mass is 476 g/mol. The Morgan fingerprint density at radius 2 is 1.26 bits per heavy atom. The standard InChI is InChI=1S/C29H32O6/c1-28(2,3)27(33)35-26-16-12-22(13-17-26)11-15-25(32)18-24(31)14-10-21-6-8-23(9-7-21)19-29(4,5)34-20-30/h6-17,20H,18-19H2,1-5H3/b14-10+,15-11+. The Labute approximate surface area is 206 Å². The lowest BCUT2D eigenvalue weighted by molar-refractivity contribution is -0.143. The second-order valence-electron chi connectivity index (χ2n) is 9.88. The Balaban J connectivity index is 1.86. The number of hydrogen-bond donors (Lipinski definition) is 0. The number of hydrogen-bond acceptors (Lipinski definition) is 6. The van der Waals surface area contributed by atoms with Gasteiger partial charge in [0, 0.05) is 6.42 Å². The van der Waals surface area contributed by atoms with E-state index in [1.165, 1.54) is 12.2 Å². The molecule has 0 aliphatic carbocycles. The van der Waals surface area contributed by atoms with Crippen LogP contribution in [0.25, 0.3) is 12.2 Å². The van der Waals surface area contributed by atoms with Gasteiger partial charge in [-0.15, -0.1) is 0 Å². The first-order valence-electron chi connectivity index (χ1n) is 11.3. The minimum Gasteiger partial charge on any atom is -0.462 e. The number of ketones is 2. The predicted molar refractivity (Wildman–Crippen MR) is 136 cm³/mol. The van der Waals surface area contributed by atoms with E-state index >= 15 is 0 Å². The van der Waals surface area contributed by atoms with Gasteiger partial charge in [0.15, 0.2) is 11.6 Å². The van der Waals surface area contributed by atoms with Crippen molar-refractivity contribution in [2.75, 3.05) is 0 Å². The van der Waals surface area contributed by atoms with Gasteiger partial charge >= 0.3 is 5.97 Å². The third-order valence-electron chi connectivity index (χ3n) is 4.95. The fourth-order valence-corrected chi connectivity index (χ4v) is 2.99. The lowest BCUT2D eigenvalue weighted by Gasteiger charge is -2.22. The van der Waals surface area contributed by atoms with Crippen molar-refractivity contribution in [3.8, 4) is 5.75 Å². The van der Waals surface area contributed by atoms with E-state index in [2.05, 4.69) is 0 Å². The Kier molecular flexibility index (Phi) is 9.46. The first kappa shape index (κ1) is 27.4. The highest BCUT2D eigenvalue weighted by atomic mass is 16.5. The smallest absolute Gasteiger partial charge is 0.316 e. The summed E-state index contributed by atoms with van der Waals surface area (Å²) in [4.78, 5) is 46.8. The van der Waals surface area contributed by atoms with Crippen LogP contribution in [0.3, 0.4) is 0 Å². The van der Waals surface area contributed by atoms with Gasteiger partial charge in [0.2, 0.25) is 0 Å². The summed E-state index contributed by atoms with van der Waals surface area (Å²) >= 11 is 0. The molecule has 0 saturated carbocycles. The summed E-state index contributed by atoms with van der Waals surface area (Å²) < 4.78 is 10.4. The summed E-state index contributed by atoms with van der Waals surface area (Å²) in [6.45, 7) is 9.45. The molecule has 0 aromatic heterocycles. The fraction of sp³-hybridized carbons (Fsp3) is 0.310. The number of carbonyl (C=O) groups is 4. The van der Waals surface area contributed by atoms with E-state index in [0.717, 1.165) is 16.7 Å². The molecular weight excluding hydrogens is 444 g/mol. The molecule has 0 fully saturated rings. The molecule has 2 aromatic carbocycles. The van der Waals surface area contributed by atoms with Crippen LogP contribution in [-0.4, -0.2) is 29.6 Å². The number of carbonyl (C=O) groups excluding carboxylic acids is 4. The van der Waals surface area contributed by atoms with Crippen LogP contribution < -0.4 is 4.74 Å². The van der Waals surface area contributed by atoms with E-state index in [9.17, 15) is 19.2 Å². The van der Waals surface area contributed by atoms with E-state index in [1.54, 1.807) is 57.2 Å². The third-order valence-corrected chi connectivity index (χ3v) is 4.95. The van der Waals surface area contributed by atoms with E-state index < -0.39 is 11.0 Å². The average molecular weight is 477 g/mol. The van der Waals surface area contributed by atoms with Crippen molar-refractivity contribution < 1.29 is 28.7 Å². The van der Waals surface area contributed by atoms with Crippen molar-refractivity contribution >= 4 is 36.2 Å². The molecule has 2 rings (SSSR count). The zero-order valence-electron chi connectivity index (χ0n) is 20.9. The molecule has 6 heteroatoms. The quantitative estimate of drug-likeness (QED) is 0.142. The highest BCUT2D eigenvalue weighted by molar-refractivity contribution is 6.10. The number of ether oxygens (including phenoxy) is 2. The van der Waals surface area contributed by atoms with Gasteiger partial charge in [-0.3, -0.25) is 19.2 Å². The van der Waals surface area contributed by atoms with Crippen molar-refractivity contribution in [3.05, 3.63) is 77.4 Å². The van der Waals surface area contributed by atoms with Crippen molar-refractivity contribution in [2.24, 2.45) is 5.41 Å². The lowest BCUT2D eigenvalue weighted by Crippen LogP contribution is -2.26. The normalized spacial score (nSPS) is 12.0. The van der Waals surface area contributed by atoms with Crippen LogP contribution in [0.15, 0.2) is 60.7 Å². The van der Waals surface area contributed by atoms with Crippen LogP contribution in [0.2, 0.25) is 0 Å². The minimum absolute atomic E-state index is 0.233. The molecule has 0 atom stereocenters. The largest absolute Gasteiger partial charge is 0.462 e. The van der Waals surface area contributed by atoms with E-state index in [0.29, 0.717) is 18.6 Å². The molecule has 0 radical (unpaired) electrons. The SMILES string of the molecule is CC(C)(Cc1ccc(/C=C/C(=O)CC(=O)/C=C/c2ccc(OC(=O)C(C)(C)C)cc2)cc1)OC=O. The van der Waals surface area contributed by atoms with Crippen LogP contribution >= 0.6 is 0 Å². The molecule has 35 heavy (non-hydrogen) atoms. The van der Waals surface area contributed by atoms with Crippen LogP contribution in [0.1, 0.15) is 57.7 Å². The molecule has 0 unspecified atom stereocenters. The molecular formula is C29H32O6. The third kappa shape index (κ3) is 9.92. The zero-order chi connectivity index (χ0) is 26.1. The van der Waals surface area contributed by atoms with Crippen molar-refractivity contribution in [1.82, 2.24) is 0 Å². The molecule has 0 heterocycles. The van der Waals surface area contributed by atoms with Crippen LogP contribution in [0.5, 0.6) is 5.75 Å². The molecule has 2 aromatic rings. The Morgan fingerprint density at radius 1 is 0.771 bits per heavy atom. The van der Waals surface area contributed by atoms with E-state index in [1.807, 2.05) is 38.1 Å². The molecule has 0 bridgehead atoms. The average Bonchev–Trinajstić information content (AvgIpc) is 2.77. The van der Waals surface area contributed by atoms with Gasteiger partial charge in [0.1, 0.15) is 11.4 Å². The Morgan fingerprint density at radius 3 is 1.71 bits per heavy atom. The second kappa shape index (κ2) is 12.1. The minimum atomic E-state index is -0.597. The van der Waals surface area contributed by atoms with Crippen LogP contribution in [0, 0.1) is 5.41 Å². The number of esters is 1. The topological polar surface area (TPSA) is 86.7 Å². The molecule has 0 amide bonds. The summed E-state index contributed by atoms with van der Waals surface area (Å²) in [5.41, 5.74) is 1.38. The van der Waals surface area contributed by atoms with E-state index in [-0.39, 0.29) is 24.0 Å². The maximum Gasteiger partial charge on any atom is 0.316 e.